The molecule has 0 saturated heterocycles. The minimum Gasteiger partial charge on any atom is -0.379 e. The lowest BCUT2D eigenvalue weighted by Crippen LogP contribution is -2.54. The number of hydrogen-bond acceptors (Lipinski definition) is 5. The Morgan fingerprint density at radius 1 is 0.758 bits per heavy atom. The Balaban J connectivity index is 1.97. The lowest BCUT2D eigenvalue weighted by atomic mass is 9.52. The topological polar surface area (TPSA) is 103 Å². The van der Waals surface area contributed by atoms with E-state index < -0.39 is 11.0 Å². The van der Waals surface area contributed by atoms with Crippen LogP contribution in [0.3, 0.4) is 0 Å². The van der Waals surface area contributed by atoms with Crippen LogP contribution < -0.4 is 0 Å². The van der Waals surface area contributed by atoms with Crippen molar-refractivity contribution in [2.75, 3.05) is 0 Å². The van der Waals surface area contributed by atoms with Crippen molar-refractivity contribution in [1.29, 1.82) is 0 Å². The van der Waals surface area contributed by atoms with Crippen LogP contribution in [-0.4, -0.2) is 35.9 Å². The molecule has 3 N–H and O–H groups in total. The summed E-state index contributed by atoms with van der Waals surface area (Å²) in [5.74, 6) is 0. The molecule has 0 aliphatic heterocycles. The van der Waals surface area contributed by atoms with Crippen molar-refractivity contribution in [3.05, 3.63) is 69.8 Å². The maximum Gasteiger partial charge on any atom is 0.127 e. The Hall–Kier alpha value is -3.32. The van der Waals surface area contributed by atoms with Gasteiger partial charge in [0.15, 0.2) is 0 Å². The highest BCUT2D eigenvalue weighted by Crippen LogP contribution is 2.60. The number of nitrogens with one attached hydrogen (secondary N) is 2. The minimum absolute atomic E-state index is 0.688. The third kappa shape index (κ3) is 2.72. The second-order valence-electron chi connectivity index (χ2n) is 9.21. The number of aliphatic hydroxyl groups is 1. The standard InChI is InChI=1S/C26H30N6O/c1-6-7-14-25(19-10-8-12-21-23(19)29-31-27-21)17(4)15(2)16(3)18(5)26(25,33)20-11-9-13-22-24(20)30-32-28-22/h8-13,33H,6-7,14H2,1-5H3,(H,27,29,31)(H,28,30,32). The quantitative estimate of drug-likeness (QED) is 0.393. The highest BCUT2D eigenvalue weighted by molar-refractivity contribution is 5.84. The van der Waals surface area contributed by atoms with Crippen LogP contribution in [0, 0.1) is 0 Å². The Kier molecular flexibility index (Phi) is 4.97. The molecule has 2 atom stereocenters. The predicted octanol–water partition coefficient (Wildman–Crippen LogP) is 5.23. The molecule has 7 nitrogen and oxygen atoms in total. The monoisotopic (exact) mass is 442 g/mol. The lowest BCUT2D eigenvalue weighted by Gasteiger charge is -2.53. The number of hydrogen-bond donors (Lipinski definition) is 3. The van der Waals surface area contributed by atoms with Crippen LogP contribution in [-0.2, 0) is 11.0 Å². The molecule has 0 amide bonds. The summed E-state index contributed by atoms with van der Waals surface area (Å²) in [6.45, 7) is 10.7. The summed E-state index contributed by atoms with van der Waals surface area (Å²) in [4.78, 5) is 0. The number of rotatable bonds is 5. The van der Waals surface area contributed by atoms with Gasteiger partial charge in [0.1, 0.15) is 27.7 Å². The summed E-state index contributed by atoms with van der Waals surface area (Å²) in [6, 6.07) is 11.9. The van der Waals surface area contributed by atoms with Crippen LogP contribution in [0.5, 0.6) is 0 Å². The van der Waals surface area contributed by atoms with Gasteiger partial charge in [0.25, 0.3) is 0 Å². The lowest BCUT2D eigenvalue weighted by molar-refractivity contribution is -0.00288. The van der Waals surface area contributed by atoms with Gasteiger partial charge in [-0.15, -0.1) is 0 Å². The smallest absolute Gasteiger partial charge is 0.127 e. The first-order chi connectivity index (χ1) is 15.9. The van der Waals surface area contributed by atoms with E-state index in [1.807, 2.05) is 37.3 Å². The minimum atomic E-state index is -1.35. The van der Waals surface area contributed by atoms with Crippen LogP contribution in [0.15, 0.2) is 58.7 Å². The van der Waals surface area contributed by atoms with Gasteiger partial charge in [-0.25, -0.2) is 0 Å². The van der Waals surface area contributed by atoms with Gasteiger partial charge in [0.2, 0.25) is 0 Å². The Bertz CT molecular complexity index is 1430. The summed E-state index contributed by atoms with van der Waals surface area (Å²) < 4.78 is 0. The Labute approximate surface area is 193 Å². The van der Waals surface area contributed by atoms with Crippen molar-refractivity contribution in [3.63, 3.8) is 0 Å². The predicted molar refractivity (Wildman–Crippen MR) is 130 cm³/mol. The number of allylic oxidation sites excluding steroid dienone is 2. The molecule has 4 aromatic rings. The molecule has 7 heteroatoms. The zero-order chi connectivity index (χ0) is 23.4. The molecule has 0 saturated carbocycles. The van der Waals surface area contributed by atoms with Crippen LogP contribution in [0.25, 0.3) is 22.1 Å². The number of benzene rings is 2. The van der Waals surface area contributed by atoms with E-state index in [0.717, 1.165) is 63.7 Å². The van der Waals surface area contributed by atoms with Crippen molar-refractivity contribution in [2.45, 2.75) is 64.9 Å². The van der Waals surface area contributed by atoms with Crippen molar-refractivity contribution >= 4 is 22.1 Å². The van der Waals surface area contributed by atoms with E-state index in [0.29, 0.717) is 5.52 Å². The zero-order valence-electron chi connectivity index (χ0n) is 19.8. The van der Waals surface area contributed by atoms with E-state index in [2.05, 4.69) is 64.6 Å². The molecule has 2 unspecified atom stereocenters. The third-order valence-electron chi connectivity index (χ3n) is 7.94. The number of nitrogens with zero attached hydrogens (tertiary/aromatic N) is 4. The maximum atomic E-state index is 13.1. The fraction of sp³-hybridized carbons (Fsp3) is 0.385. The van der Waals surface area contributed by atoms with Gasteiger partial charge in [0.05, 0.1) is 5.41 Å². The van der Waals surface area contributed by atoms with Crippen molar-refractivity contribution in [2.24, 2.45) is 0 Å². The van der Waals surface area contributed by atoms with Gasteiger partial charge < -0.3 is 5.11 Å². The van der Waals surface area contributed by atoms with Gasteiger partial charge in [-0.3, -0.25) is 0 Å². The Morgan fingerprint density at radius 2 is 1.30 bits per heavy atom. The maximum absolute atomic E-state index is 13.1. The first-order valence-corrected chi connectivity index (χ1v) is 11.6. The van der Waals surface area contributed by atoms with Crippen LogP contribution >= 0.6 is 0 Å². The van der Waals surface area contributed by atoms with E-state index in [1.165, 1.54) is 5.57 Å². The van der Waals surface area contributed by atoms with Gasteiger partial charge >= 0.3 is 0 Å². The largest absolute Gasteiger partial charge is 0.379 e. The van der Waals surface area contributed by atoms with Crippen molar-refractivity contribution in [1.82, 2.24) is 30.8 Å². The van der Waals surface area contributed by atoms with E-state index >= 15 is 0 Å². The third-order valence-corrected chi connectivity index (χ3v) is 7.94. The summed E-state index contributed by atoms with van der Waals surface area (Å²) >= 11 is 0. The van der Waals surface area contributed by atoms with Crippen LogP contribution in [0.1, 0.15) is 65.0 Å². The average molecular weight is 443 g/mol. The molecule has 2 aromatic heterocycles. The second-order valence-corrected chi connectivity index (χ2v) is 9.21. The van der Waals surface area contributed by atoms with Gasteiger partial charge in [-0.05, 0) is 68.5 Å². The number of unbranched alkanes of at least 4 members (excludes halogenated alkanes) is 1. The highest BCUT2D eigenvalue weighted by atomic mass is 16.3. The van der Waals surface area contributed by atoms with Gasteiger partial charge in [-0.2, -0.15) is 30.8 Å². The number of fused-ring (bicyclic) bond motifs is 2. The number of aromatic nitrogens is 6. The SMILES string of the molecule is CCCCC1(c2cccc3n[nH]nc23)C(C)=C(C)C(C)=C(C)C1(O)c1cccc2n[nH]nc12. The summed E-state index contributed by atoms with van der Waals surface area (Å²) in [6.07, 6.45) is 2.71. The fourth-order valence-corrected chi connectivity index (χ4v) is 5.89. The molecule has 0 spiro atoms. The molecular formula is C26H30N6O. The molecule has 1 aliphatic carbocycles. The first-order valence-electron chi connectivity index (χ1n) is 11.6. The zero-order valence-corrected chi connectivity index (χ0v) is 19.8. The molecule has 5 rings (SSSR count). The molecular weight excluding hydrogens is 412 g/mol. The van der Waals surface area contributed by atoms with Crippen LogP contribution in [0.2, 0.25) is 0 Å². The highest BCUT2D eigenvalue weighted by Gasteiger charge is 2.58. The first kappa shape index (κ1) is 21.5. The van der Waals surface area contributed by atoms with Crippen LogP contribution in [0.4, 0.5) is 0 Å². The van der Waals surface area contributed by atoms with Gasteiger partial charge in [0, 0.05) is 5.56 Å². The summed E-state index contributed by atoms with van der Waals surface area (Å²) in [7, 11) is 0. The molecule has 0 radical (unpaired) electrons. The van der Waals surface area contributed by atoms with E-state index in [1.54, 1.807) is 0 Å². The molecule has 0 fully saturated rings. The van der Waals surface area contributed by atoms with E-state index in [4.69, 9.17) is 0 Å². The van der Waals surface area contributed by atoms with E-state index in [9.17, 15) is 5.11 Å². The second kappa shape index (κ2) is 7.63. The van der Waals surface area contributed by atoms with Crippen molar-refractivity contribution < 1.29 is 5.11 Å². The normalized spacial score (nSPS) is 23.8. The Morgan fingerprint density at radius 3 is 1.91 bits per heavy atom. The van der Waals surface area contributed by atoms with Gasteiger partial charge in [-0.1, -0.05) is 49.6 Å². The van der Waals surface area contributed by atoms with Crippen molar-refractivity contribution in [3.8, 4) is 0 Å². The molecule has 33 heavy (non-hydrogen) atoms. The molecule has 2 heterocycles. The summed E-state index contributed by atoms with van der Waals surface area (Å²) in [5.41, 5.74) is 7.04. The number of aromatic amines is 2. The molecule has 170 valence electrons. The average Bonchev–Trinajstić information content (AvgIpc) is 3.51. The number of para-hydroxylation sites is 2. The van der Waals surface area contributed by atoms with E-state index in [-0.39, 0.29) is 0 Å². The molecule has 0 bridgehead atoms. The fourth-order valence-electron chi connectivity index (χ4n) is 5.89. The molecule has 2 aromatic carbocycles. The summed E-state index contributed by atoms with van der Waals surface area (Å²) in [5, 5.41) is 36.3. The molecule has 1 aliphatic rings. The number of H-pyrrole nitrogens is 2.